The van der Waals surface area contributed by atoms with Crippen molar-refractivity contribution in [3.05, 3.63) is 94.2 Å². The normalized spacial score (nSPS) is 20.8. The van der Waals surface area contributed by atoms with Crippen molar-refractivity contribution in [3.63, 3.8) is 0 Å². The van der Waals surface area contributed by atoms with Crippen LogP contribution in [0.5, 0.6) is 11.5 Å². The van der Waals surface area contributed by atoms with Crippen LogP contribution in [0.2, 0.25) is 5.02 Å². The number of carbonyl (C=O) groups excluding carboxylic acids is 1. The minimum atomic E-state index is -3.66. The number of ether oxygens (including phenoxy) is 2. The highest BCUT2D eigenvalue weighted by molar-refractivity contribution is 6.32. The Kier molecular flexibility index (Phi) is 4.09. The number of likely N-dealkylation sites (N-methyl/N-ethyl adjacent to an activating group) is 1. The summed E-state index contributed by atoms with van der Waals surface area (Å²) in [4.78, 5) is 21.4. The Bertz CT molecular complexity index is 2600. The zero-order chi connectivity index (χ0) is 48.4. The van der Waals surface area contributed by atoms with Crippen LogP contribution in [-0.2, 0) is 17.8 Å². The molecule has 4 rings (SSSR count). The van der Waals surface area contributed by atoms with E-state index in [1.165, 1.54) is 6.92 Å². The third kappa shape index (κ3) is 7.82. The molecule has 4 aromatic rings. The van der Waals surface area contributed by atoms with Crippen LogP contribution in [0.1, 0.15) is 59.5 Å². The van der Waals surface area contributed by atoms with E-state index in [9.17, 15) is 11.4 Å². The van der Waals surface area contributed by atoms with Crippen LogP contribution in [0, 0.1) is 18.3 Å². The number of anilines is 2. The minimum Gasteiger partial charge on any atom is -0.494 e. The van der Waals surface area contributed by atoms with Crippen molar-refractivity contribution in [2.75, 3.05) is 32.4 Å². The van der Waals surface area contributed by atoms with E-state index < -0.39 is 162 Å². The zero-order valence-corrected chi connectivity index (χ0v) is 21.9. The molecule has 0 atom stereocenters. The third-order valence-corrected chi connectivity index (χ3v) is 5.10. The smallest absolute Gasteiger partial charge is 0.159 e. The summed E-state index contributed by atoms with van der Waals surface area (Å²) in [5, 5.41) is 11.1. The topological polar surface area (TPSA) is 100 Å². The summed E-state index contributed by atoms with van der Waals surface area (Å²) in [5.74, 6) is -3.49. The molecule has 0 unspecified atom stereocenters. The molecule has 0 saturated heterocycles. The lowest BCUT2D eigenvalue weighted by atomic mass is 10.0. The Labute approximate surface area is 276 Å². The molecule has 9 heteroatoms. The predicted molar refractivity (Wildman–Crippen MR) is 162 cm³/mol. The first-order chi connectivity index (χ1) is 28.5. The van der Waals surface area contributed by atoms with Gasteiger partial charge in [-0.05, 0) is 70.1 Å². The van der Waals surface area contributed by atoms with Gasteiger partial charge < -0.3 is 19.7 Å². The fraction of sp³-hybridized carbons (Fsp3) is 0.250. The summed E-state index contributed by atoms with van der Waals surface area (Å²) < 4.78 is 190. The Morgan fingerprint density at radius 3 is 2.98 bits per heavy atom. The molecular weight excluding hydrogens is 538 g/mol. The number of pyridine rings is 2. The molecule has 210 valence electrons. The second kappa shape index (κ2) is 13.8. The fourth-order valence-corrected chi connectivity index (χ4v) is 3.32. The SMILES string of the molecule is [2H]/C(=C\C([2H])([2H])N(C)C([2H])([2H])[2H])C(=O)Cc1c(OC([2H])([2H])C([2H])([2H])[2H])c([2H])c2nc([2H])c(C#N)c(Nc3c([2H])c([2H])c(OC([2H])([2H])c4nc(C)c([2H])c([2H])c4[2H])c(Cl)c3[2H])c2c1[2H]. The van der Waals surface area contributed by atoms with Crippen LogP contribution in [-0.4, -0.2) is 47.7 Å². The average molecular weight is 592 g/mol. The van der Waals surface area contributed by atoms with Crippen LogP contribution >= 0.6 is 11.6 Å². The van der Waals surface area contributed by atoms with Crippen molar-refractivity contribution in [1.82, 2.24) is 14.9 Å². The van der Waals surface area contributed by atoms with Crippen LogP contribution in [0.3, 0.4) is 0 Å². The van der Waals surface area contributed by atoms with Gasteiger partial charge in [-0.3, -0.25) is 14.8 Å². The molecule has 1 N–H and O–H groups in total. The number of carbonyl (C=O) groups is 1. The van der Waals surface area contributed by atoms with E-state index in [4.69, 9.17) is 49.9 Å². The lowest BCUT2D eigenvalue weighted by Gasteiger charge is -2.16. The highest BCUT2D eigenvalue weighted by atomic mass is 35.5. The van der Waals surface area contributed by atoms with Gasteiger partial charge in [-0.25, -0.2) is 0 Å². The van der Waals surface area contributed by atoms with Gasteiger partial charge in [0.25, 0.3) is 0 Å². The molecular formula is C32H32ClN5O3. The number of hydrogen-bond donors (Lipinski definition) is 1. The Balaban J connectivity index is 2.02. The summed E-state index contributed by atoms with van der Waals surface area (Å²) in [6, 6.07) is -6.72. The van der Waals surface area contributed by atoms with E-state index in [1.807, 2.05) is 0 Å². The number of halogens is 1. The summed E-state index contributed by atoms with van der Waals surface area (Å²) in [6.45, 7) is -15.2. The first-order valence-corrected chi connectivity index (χ1v) is 11.6. The van der Waals surface area contributed by atoms with Crippen LogP contribution in [0.4, 0.5) is 11.4 Å². The molecule has 0 saturated carbocycles. The lowest BCUT2D eigenvalue weighted by Crippen LogP contribution is -2.11. The second-order valence-corrected chi connectivity index (χ2v) is 8.17. The maximum atomic E-state index is 13.5. The lowest BCUT2D eigenvalue weighted by molar-refractivity contribution is -0.114. The highest BCUT2D eigenvalue weighted by Crippen LogP contribution is 2.36. The highest BCUT2D eigenvalue weighted by Gasteiger charge is 2.16. The predicted octanol–water partition coefficient (Wildman–Crippen LogP) is 6.41. The van der Waals surface area contributed by atoms with Crippen molar-refractivity contribution in [1.29, 1.82) is 5.26 Å². The number of nitrogens with zero attached hydrogens (tertiary/aromatic N) is 4. The van der Waals surface area contributed by atoms with Gasteiger partial charge in [-0.2, -0.15) is 5.26 Å². The monoisotopic (exact) mass is 591 g/mol. The first-order valence-electron chi connectivity index (χ1n) is 22.3. The molecule has 41 heavy (non-hydrogen) atoms. The average Bonchev–Trinajstić information content (AvgIpc) is 3.16. The van der Waals surface area contributed by atoms with Gasteiger partial charge in [-0.15, -0.1) is 0 Å². The van der Waals surface area contributed by atoms with E-state index in [1.54, 1.807) is 6.07 Å². The van der Waals surface area contributed by atoms with E-state index in [0.717, 1.165) is 7.05 Å². The van der Waals surface area contributed by atoms with E-state index >= 15 is 0 Å². The van der Waals surface area contributed by atoms with Crippen molar-refractivity contribution >= 4 is 39.7 Å². The van der Waals surface area contributed by atoms with Crippen LogP contribution in [0.25, 0.3) is 10.9 Å². The maximum Gasteiger partial charge on any atom is 0.159 e. The first kappa shape index (κ1) is 12.2. The van der Waals surface area contributed by atoms with Gasteiger partial charge in [0.1, 0.15) is 24.1 Å². The standard InChI is InChI=1S/C32H32ClN5O3/c1-5-40-31-17-29-27(15-22(31)14-26(39)10-7-13-38(3)4)32(23(18-34)19-35-29)37-24-11-12-30(28(33)16-24)41-20-25-9-6-8-21(2)36-25/h6-12,15-17,19H,5,13-14,20H2,1-4H3,(H,35,37)/b10-7+/i1D3,3D3,5D2,6D,8D,9D,10D,11D,12D,13D2,15D,16D,17D,19D,20D2. The second-order valence-electron chi connectivity index (χ2n) is 7.79. The van der Waals surface area contributed by atoms with Crippen LogP contribution in [0.15, 0.2) is 66.6 Å². The van der Waals surface area contributed by atoms with Gasteiger partial charge >= 0.3 is 0 Å². The molecule has 0 radical (unpaired) electrons. The summed E-state index contributed by atoms with van der Waals surface area (Å²) in [5.41, 5.74) is -4.89. The Hall–Kier alpha value is -4.45. The molecule has 2 heterocycles. The summed E-state index contributed by atoms with van der Waals surface area (Å²) in [7, 11) is 0.830. The molecule has 8 nitrogen and oxygen atoms in total. The quantitative estimate of drug-likeness (QED) is 0.189. The van der Waals surface area contributed by atoms with E-state index in [2.05, 4.69) is 15.3 Å². The number of fused-ring (bicyclic) bond motifs is 1. The van der Waals surface area contributed by atoms with E-state index in [0.29, 0.717) is 6.08 Å². The zero-order valence-electron chi connectivity index (χ0n) is 43.2. The molecule has 0 aliphatic rings. The number of nitrogens with one attached hydrogen (secondary N) is 1. The van der Waals surface area contributed by atoms with Gasteiger partial charge in [-0.1, -0.05) is 23.7 Å². The largest absolute Gasteiger partial charge is 0.494 e. The molecule has 0 fully saturated rings. The molecule has 0 aliphatic heterocycles. The number of benzene rings is 2. The van der Waals surface area contributed by atoms with E-state index in [-0.39, 0.29) is 10.6 Å². The van der Waals surface area contributed by atoms with Crippen LogP contribution < -0.4 is 14.8 Å². The van der Waals surface area contributed by atoms with Crippen molar-refractivity contribution in [3.8, 4) is 17.6 Å². The van der Waals surface area contributed by atoms with Gasteiger partial charge in [0.2, 0.25) is 0 Å². The number of hydrogen-bond acceptors (Lipinski definition) is 8. The molecule has 2 aromatic carbocycles. The van der Waals surface area contributed by atoms with Crippen molar-refractivity contribution in [2.45, 2.75) is 26.8 Å². The number of aryl methyl sites for hydroxylation is 1. The molecule has 0 spiro atoms. The Morgan fingerprint density at radius 2 is 2.17 bits per heavy atom. The molecule has 0 aliphatic carbocycles. The molecule has 0 bridgehead atoms. The van der Waals surface area contributed by atoms with Gasteiger partial charge in [0.05, 0.1) is 53.2 Å². The third-order valence-electron chi connectivity index (χ3n) is 4.83. The minimum absolute atomic E-state index is 0.158. The number of ketones is 1. The number of rotatable bonds is 12. The molecule has 0 amide bonds. The number of allylic oxidation sites excluding steroid dienone is 1. The van der Waals surface area contributed by atoms with Gasteiger partial charge in [0, 0.05) is 58.4 Å². The number of nitriles is 1. The maximum absolute atomic E-state index is 13.5. The van der Waals surface area contributed by atoms with Crippen molar-refractivity contribution < 1.29 is 44.4 Å². The fourth-order valence-electron chi connectivity index (χ4n) is 3.14. The number of aromatic nitrogens is 2. The summed E-state index contributed by atoms with van der Waals surface area (Å²) >= 11 is 6.41. The summed E-state index contributed by atoms with van der Waals surface area (Å²) in [6.07, 6.45) is -1.93. The Morgan fingerprint density at radius 1 is 1.29 bits per heavy atom. The van der Waals surface area contributed by atoms with Gasteiger partial charge in [0.15, 0.2) is 5.78 Å². The van der Waals surface area contributed by atoms with Crippen molar-refractivity contribution in [2.24, 2.45) is 0 Å². The molecule has 2 aromatic heterocycles.